The Labute approximate surface area is 267 Å². The predicted molar refractivity (Wildman–Crippen MR) is 174 cm³/mol. The summed E-state index contributed by atoms with van der Waals surface area (Å²) in [5.74, 6) is 0.409. The standard InChI is InChI=1S/C29H41F2N7O4P2S/c1-18-15-26(2,3)37(16-18)24-19(25(39)35-45(40,41)20-17-36(6)34-23(20)27(4,30)43)7-8-21(32-24)38-13-9-22(33-38)42-14-12-29(10-11-29)28(5,31)44/h7-9,13,17-18H,10-12,14-16,43-44H2,1-6H3,(H,35,39)/t18-,27?,28?/m0/s1. The number of aryl methyl sites for hydroxylation is 1. The monoisotopic (exact) mass is 683 g/mol. The summed E-state index contributed by atoms with van der Waals surface area (Å²) >= 11 is 0. The Morgan fingerprint density at radius 2 is 1.87 bits per heavy atom. The van der Waals surface area contributed by atoms with E-state index >= 15 is 0 Å². The van der Waals surface area contributed by atoms with Gasteiger partial charge in [0.1, 0.15) is 21.8 Å². The van der Waals surface area contributed by atoms with Crippen molar-refractivity contribution in [2.45, 2.75) is 81.6 Å². The highest BCUT2D eigenvalue weighted by atomic mass is 32.2. The third kappa shape index (κ3) is 6.88. The summed E-state index contributed by atoms with van der Waals surface area (Å²) in [6.45, 7) is 9.82. The molecule has 3 aromatic rings. The van der Waals surface area contributed by atoms with Gasteiger partial charge in [0, 0.05) is 43.0 Å². The minimum absolute atomic E-state index is 0.0360. The number of carbonyl (C=O) groups is 1. The first-order chi connectivity index (χ1) is 20.7. The first kappa shape index (κ1) is 33.7. The van der Waals surface area contributed by atoms with Gasteiger partial charge in [0.15, 0.2) is 11.2 Å². The van der Waals surface area contributed by atoms with Crippen LogP contribution >= 0.6 is 18.5 Å². The van der Waals surface area contributed by atoms with Crippen LogP contribution in [0.1, 0.15) is 76.4 Å². The first-order valence-corrected chi connectivity index (χ1v) is 17.4. The zero-order valence-electron chi connectivity index (χ0n) is 26.3. The van der Waals surface area contributed by atoms with Gasteiger partial charge < -0.3 is 9.64 Å². The molecule has 2 fully saturated rings. The second-order valence-corrected chi connectivity index (χ2v) is 17.2. The van der Waals surface area contributed by atoms with Crippen LogP contribution in [-0.2, 0) is 22.5 Å². The lowest BCUT2D eigenvalue weighted by Gasteiger charge is -2.34. The topological polar surface area (TPSA) is 124 Å². The number of halogens is 2. The number of amides is 1. The van der Waals surface area contributed by atoms with Gasteiger partial charge in [0.25, 0.3) is 15.9 Å². The normalized spacial score (nSPS) is 21.6. The predicted octanol–water partition coefficient (Wildman–Crippen LogP) is 4.87. The number of nitrogens with zero attached hydrogens (tertiary/aromatic N) is 6. The number of hydrogen-bond acceptors (Lipinski definition) is 8. The Morgan fingerprint density at radius 1 is 1.18 bits per heavy atom. The lowest BCUT2D eigenvalue weighted by molar-refractivity contribution is 0.0981. The Hall–Kier alpha value is -2.69. The Bertz CT molecular complexity index is 1710. The van der Waals surface area contributed by atoms with Crippen molar-refractivity contribution in [2.24, 2.45) is 18.4 Å². The van der Waals surface area contributed by atoms with Crippen LogP contribution < -0.4 is 14.4 Å². The first-order valence-electron chi connectivity index (χ1n) is 14.8. The van der Waals surface area contributed by atoms with Crippen LogP contribution in [0.5, 0.6) is 5.88 Å². The average molecular weight is 684 g/mol. The minimum Gasteiger partial charge on any atom is -0.477 e. The van der Waals surface area contributed by atoms with Gasteiger partial charge in [0.2, 0.25) is 5.88 Å². The molecule has 1 aliphatic carbocycles. The molecule has 0 aromatic carbocycles. The molecular formula is C29H41F2N7O4P2S. The summed E-state index contributed by atoms with van der Waals surface area (Å²) < 4.78 is 66.7. The largest absolute Gasteiger partial charge is 0.477 e. The molecule has 45 heavy (non-hydrogen) atoms. The van der Waals surface area contributed by atoms with Crippen molar-refractivity contribution in [1.29, 1.82) is 0 Å². The van der Waals surface area contributed by atoms with Crippen LogP contribution in [0.2, 0.25) is 0 Å². The molecule has 1 aliphatic heterocycles. The third-order valence-corrected chi connectivity index (χ3v) is 10.9. The molecule has 1 N–H and O–H groups in total. The zero-order valence-corrected chi connectivity index (χ0v) is 29.5. The van der Waals surface area contributed by atoms with Crippen molar-refractivity contribution in [2.75, 3.05) is 18.1 Å². The van der Waals surface area contributed by atoms with E-state index in [0.717, 1.165) is 32.4 Å². The van der Waals surface area contributed by atoms with E-state index in [-0.39, 0.29) is 22.2 Å². The number of rotatable bonds is 11. The number of ether oxygens (including phenoxy) is 1. The van der Waals surface area contributed by atoms with Gasteiger partial charge in [-0.15, -0.1) is 5.10 Å². The Kier molecular flexibility index (Phi) is 8.62. The van der Waals surface area contributed by atoms with Gasteiger partial charge in [-0.25, -0.2) is 31.6 Å². The quantitative estimate of drug-likeness (QED) is 0.284. The van der Waals surface area contributed by atoms with Crippen LogP contribution in [0.15, 0.2) is 35.5 Å². The summed E-state index contributed by atoms with van der Waals surface area (Å²) in [5, 5.41) is 4.94. The molecular weight excluding hydrogens is 642 g/mol. The highest BCUT2D eigenvalue weighted by Gasteiger charge is 2.55. The average Bonchev–Trinajstić information content (AvgIpc) is 3.23. The Morgan fingerprint density at radius 3 is 2.44 bits per heavy atom. The number of carbonyl (C=O) groups excluding carboxylic acids is 1. The molecule has 16 heteroatoms. The number of anilines is 1. The smallest absolute Gasteiger partial charge is 0.268 e. The van der Waals surface area contributed by atoms with E-state index < -0.39 is 31.6 Å². The molecule has 5 atom stereocenters. The summed E-state index contributed by atoms with van der Waals surface area (Å²) in [5.41, 5.74) is -1.08. The SMILES string of the molecule is C[C@@H]1CN(c2nc(-n3ccc(OCCC4(C(C)(F)P)CC4)n3)ccc2C(=O)NS(=O)(=O)c2cn(C)nc2C(C)(F)P)C(C)(C)C1. The van der Waals surface area contributed by atoms with E-state index in [9.17, 15) is 22.0 Å². The van der Waals surface area contributed by atoms with Crippen LogP contribution in [0.25, 0.3) is 5.82 Å². The second-order valence-electron chi connectivity index (χ2n) is 13.4. The molecule has 2 aliphatic rings. The molecule has 246 valence electrons. The van der Waals surface area contributed by atoms with E-state index in [4.69, 9.17) is 9.72 Å². The second kappa shape index (κ2) is 11.5. The van der Waals surface area contributed by atoms with Crippen molar-refractivity contribution in [3.05, 3.63) is 41.9 Å². The molecule has 3 aromatic heterocycles. The number of alkyl halides is 2. The van der Waals surface area contributed by atoms with Crippen molar-refractivity contribution in [3.8, 4) is 11.7 Å². The van der Waals surface area contributed by atoms with Crippen LogP contribution in [0.4, 0.5) is 14.6 Å². The summed E-state index contributed by atoms with van der Waals surface area (Å²) in [6, 6.07) is 4.75. The fourth-order valence-electron chi connectivity index (χ4n) is 6.14. The Balaban J connectivity index is 1.43. The van der Waals surface area contributed by atoms with Crippen molar-refractivity contribution < 1.29 is 26.7 Å². The van der Waals surface area contributed by atoms with Gasteiger partial charge in [-0.2, -0.15) is 5.10 Å². The van der Waals surface area contributed by atoms with E-state index in [1.165, 1.54) is 22.5 Å². The highest BCUT2D eigenvalue weighted by Crippen LogP contribution is 2.61. The van der Waals surface area contributed by atoms with Crippen molar-refractivity contribution >= 4 is 40.2 Å². The molecule has 0 spiro atoms. The van der Waals surface area contributed by atoms with E-state index in [0.29, 0.717) is 43.0 Å². The van der Waals surface area contributed by atoms with Crippen molar-refractivity contribution in [3.63, 3.8) is 0 Å². The molecule has 0 bridgehead atoms. The van der Waals surface area contributed by atoms with Crippen LogP contribution in [-0.4, -0.2) is 63.0 Å². The maximum atomic E-state index is 14.8. The minimum atomic E-state index is -4.51. The number of aromatic nitrogens is 5. The van der Waals surface area contributed by atoms with E-state index in [1.807, 2.05) is 28.0 Å². The van der Waals surface area contributed by atoms with Gasteiger partial charge in [0.05, 0.1) is 12.2 Å². The molecule has 1 saturated heterocycles. The maximum Gasteiger partial charge on any atom is 0.268 e. The van der Waals surface area contributed by atoms with Gasteiger partial charge in [-0.05, 0) is 71.4 Å². The molecule has 0 radical (unpaired) electrons. The lowest BCUT2D eigenvalue weighted by atomic mass is 9.97. The maximum absolute atomic E-state index is 14.8. The van der Waals surface area contributed by atoms with E-state index in [2.05, 4.69) is 31.1 Å². The number of hydrogen-bond donors (Lipinski definition) is 1. The molecule has 4 heterocycles. The van der Waals surface area contributed by atoms with Gasteiger partial charge in [-0.1, -0.05) is 25.4 Å². The highest BCUT2D eigenvalue weighted by molar-refractivity contribution is 7.90. The molecule has 4 unspecified atom stereocenters. The number of sulfonamides is 1. The summed E-state index contributed by atoms with van der Waals surface area (Å²) in [6.07, 6.45) is 5.85. The molecule has 1 saturated carbocycles. The fourth-order valence-corrected chi connectivity index (χ4v) is 8.14. The summed E-state index contributed by atoms with van der Waals surface area (Å²) in [7, 11) is 1.18. The van der Waals surface area contributed by atoms with Crippen LogP contribution in [0, 0.1) is 11.3 Å². The summed E-state index contributed by atoms with van der Waals surface area (Å²) in [4.78, 5) is 20.0. The van der Waals surface area contributed by atoms with Gasteiger partial charge >= 0.3 is 0 Å². The van der Waals surface area contributed by atoms with Crippen molar-refractivity contribution in [1.82, 2.24) is 29.3 Å². The van der Waals surface area contributed by atoms with E-state index in [1.54, 1.807) is 25.3 Å². The fraction of sp³-hybridized carbons (Fsp3) is 0.586. The number of pyridine rings is 1. The lowest BCUT2D eigenvalue weighted by Crippen LogP contribution is -2.41. The number of nitrogens with one attached hydrogen (secondary N) is 1. The molecule has 11 nitrogen and oxygen atoms in total. The zero-order chi connectivity index (χ0) is 33.2. The van der Waals surface area contributed by atoms with Gasteiger partial charge in [-0.3, -0.25) is 9.48 Å². The molecule has 1 amide bonds. The van der Waals surface area contributed by atoms with Crippen LogP contribution in [0.3, 0.4) is 0 Å². The molecule has 5 rings (SSSR count). The third-order valence-electron chi connectivity index (χ3n) is 8.73.